The fourth-order valence-electron chi connectivity index (χ4n) is 4.96. The molecule has 0 aliphatic carbocycles. The van der Waals surface area contributed by atoms with Gasteiger partial charge in [-0.2, -0.15) is 6.67 Å². The molecule has 3 heterocycles. The van der Waals surface area contributed by atoms with Gasteiger partial charge in [-0.05, 0) is 56.0 Å². The number of hydrogen-bond acceptors (Lipinski definition) is 4. The third-order valence-electron chi connectivity index (χ3n) is 6.81. The molecule has 0 saturated carbocycles. The van der Waals surface area contributed by atoms with Crippen LogP contribution in [-0.4, -0.2) is 17.6 Å². The van der Waals surface area contributed by atoms with Gasteiger partial charge in [0.1, 0.15) is 0 Å². The van der Waals surface area contributed by atoms with E-state index in [0.717, 1.165) is 22.3 Å². The van der Waals surface area contributed by atoms with E-state index in [2.05, 4.69) is 115 Å². The summed E-state index contributed by atoms with van der Waals surface area (Å²) < 4.78 is 0. The SMILES string of the molecule is CN1c2cc3ccccc3[c-]c2N2[CH-]N(C(C)(C)C)c3cccc1c32.[Ir+3].[c-]1ccccc1-c1ccccn1. The zero-order valence-electron chi connectivity index (χ0n) is 21.9. The third-order valence-corrected chi connectivity index (χ3v) is 6.81. The first kappa shape index (κ1) is 26.0. The Labute approximate surface area is 238 Å². The van der Waals surface area contributed by atoms with Gasteiger partial charge in [0, 0.05) is 24.5 Å². The van der Waals surface area contributed by atoms with Gasteiger partial charge < -0.3 is 19.7 Å². The van der Waals surface area contributed by atoms with Crippen LogP contribution in [0.1, 0.15) is 20.8 Å². The van der Waals surface area contributed by atoms with Gasteiger partial charge in [-0.3, -0.25) is 0 Å². The van der Waals surface area contributed by atoms with Crippen LogP contribution in [0.5, 0.6) is 0 Å². The van der Waals surface area contributed by atoms with Crippen molar-refractivity contribution in [2.45, 2.75) is 26.3 Å². The quantitative estimate of drug-likeness (QED) is 0.168. The molecule has 2 aliphatic rings. The van der Waals surface area contributed by atoms with Crippen LogP contribution < -0.4 is 14.7 Å². The van der Waals surface area contributed by atoms with Crippen LogP contribution in [0.2, 0.25) is 0 Å². The van der Waals surface area contributed by atoms with Crippen LogP contribution in [0, 0.1) is 18.8 Å². The molecule has 5 heteroatoms. The molecule has 0 fully saturated rings. The Kier molecular flexibility index (Phi) is 7.00. The summed E-state index contributed by atoms with van der Waals surface area (Å²) in [6.07, 6.45) is 1.79. The molecule has 1 aromatic heterocycles. The minimum absolute atomic E-state index is 0. The predicted molar refractivity (Wildman–Crippen MR) is 154 cm³/mol. The van der Waals surface area contributed by atoms with Crippen molar-refractivity contribution in [2.75, 3.05) is 21.7 Å². The van der Waals surface area contributed by atoms with Gasteiger partial charge in [0.2, 0.25) is 0 Å². The molecule has 38 heavy (non-hydrogen) atoms. The van der Waals surface area contributed by atoms with Gasteiger partial charge >= 0.3 is 20.1 Å². The largest absolute Gasteiger partial charge is 3.00 e. The Hall–Kier alpha value is -3.66. The Balaban J connectivity index is 0.000000191. The normalized spacial score (nSPS) is 13.3. The average molecular weight is 674 g/mol. The molecule has 4 nitrogen and oxygen atoms in total. The van der Waals surface area contributed by atoms with E-state index in [9.17, 15) is 0 Å². The standard InChI is InChI=1S/C22H21N3.C11H8N.Ir/c1-22(2,3)25-14-24-20-13-16-9-6-5-8-15(16)12-19(20)23(4)17-10-7-11-18(25)21(17)24;1-2-6-10(7-3-1)11-8-4-5-9-12-11;/h5-12,14H,1-4H3;1-6,8-9H;/q-2;-1;+3. The Morgan fingerprint density at radius 1 is 0.816 bits per heavy atom. The minimum atomic E-state index is 0. The van der Waals surface area contributed by atoms with Gasteiger partial charge in [-0.25, -0.2) is 0 Å². The van der Waals surface area contributed by atoms with Gasteiger partial charge in [-0.1, -0.05) is 30.3 Å². The van der Waals surface area contributed by atoms with Crippen LogP contribution in [0.4, 0.5) is 28.4 Å². The summed E-state index contributed by atoms with van der Waals surface area (Å²) in [4.78, 5) is 11.2. The number of hydrogen-bond donors (Lipinski definition) is 0. The number of fused-ring (bicyclic) bond motifs is 3. The van der Waals surface area contributed by atoms with Gasteiger partial charge in [0.05, 0.1) is 11.4 Å². The number of benzene rings is 4. The Morgan fingerprint density at radius 3 is 2.32 bits per heavy atom. The van der Waals surface area contributed by atoms with Crippen LogP contribution in [-0.2, 0) is 20.1 Å². The van der Waals surface area contributed by atoms with Gasteiger partial charge in [0.25, 0.3) is 0 Å². The average Bonchev–Trinajstić information content (AvgIpc) is 3.34. The summed E-state index contributed by atoms with van der Waals surface area (Å²) in [6.45, 7) is 8.97. The van der Waals surface area contributed by atoms with Crippen molar-refractivity contribution in [1.82, 2.24) is 4.98 Å². The third kappa shape index (κ3) is 4.57. The molecule has 0 atom stereocenters. The maximum Gasteiger partial charge on any atom is 3.00 e. The predicted octanol–water partition coefficient (Wildman–Crippen LogP) is 8.14. The summed E-state index contributed by atoms with van der Waals surface area (Å²) in [5.41, 5.74) is 8.07. The van der Waals surface area contributed by atoms with Crippen molar-refractivity contribution in [3.63, 3.8) is 0 Å². The first-order valence-corrected chi connectivity index (χ1v) is 12.6. The smallest absolute Gasteiger partial charge is 0.497 e. The summed E-state index contributed by atoms with van der Waals surface area (Å²) in [6, 6.07) is 37.7. The Bertz CT molecular complexity index is 1520. The molecule has 5 aromatic rings. The molecule has 0 spiro atoms. The van der Waals surface area contributed by atoms with Gasteiger partial charge in [-0.15, -0.1) is 70.9 Å². The van der Waals surface area contributed by atoms with Crippen LogP contribution in [0.15, 0.2) is 97.2 Å². The van der Waals surface area contributed by atoms with Crippen molar-refractivity contribution in [3.05, 3.63) is 116 Å². The zero-order chi connectivity index (χ0) is 25.6. The molecule has 0 unspecified atom stereocenters. The van der Waals surface area contributed by atoms with E-state index < -0.39 is 0 Å². The number of pyridine rings is 1. The number of anilines is 5. The van der Waals surface area contributed by atoms with Crippen molar-refractivity contribution in [1.29, 1.82) is 0 Å². The fourth-order valence-corrected chi connectivity index (χ4v) is 4.96. The fraction of sp³-hybridized carbons (Fsp3) is 0.152. The number of nitrogens with zero attached hydrogens (tertiary/aromatic N) is 4. The molecule has 0 amide bonds. The van der Waals surface area contributed by atoms with E-state index in [1.807, 2.05) is 42.5 Å². The summed E-state index contributed by atoms with van der Waals surface area (Å²) in [5, 5.41) is 2.37. The molecule has 0 N–H and O–H groups in total. The number of rotatable bonds is 1. The second-order valence-corrected chi connectivity index (χ2v) is 10.3. The summed E-state index contributed by atoms with van der Waals surface area (Å²) in [5.74, 6) is 0. The molecule has 2 aliphatic heterocycles. The molecule has 190 valence electrons. The molecule has 7 rings (SSSR count). The van der Waals surface area contributed by atoms with E-state index in [1.54, 1.807) is 6.20 Å². The van der Waals surface area contributed by atoms with Gasteiger partial charge in [0.15, 0.2) is 0 Å². The first-order valence-electron chi connectivity index (χ1n) is 12.6. The first-order chi connectivity index (χ1) is 17.9. The monoisotopic (exact) mass is 674 g/mol. The second kappa shape index (κ2) is 10.2. The summed E-state index contributed by atoms with van der Waals surface area (Å²) in [7, 11) is 2.15. The maximum absolute atomic E-state index is 4.22. The summed E-state index contributed by atoms with van der Waals surface area (Å²) >= 11 is 0. The minimum Gasteiger partial charge on any atom is -0.497 e. The molecule has 4 aromatic carbocycles. The molecule has 0 bridgehead atoms. The van der Waals surface area contributed by atoms with Crippen LogP contribution >= 0.6 is 0 Å². The van der Waals surface area contributed by atoms with E-state index in [-0.39, 0.29) is 25.6 Å². The van der Waals surface area contributed by atoms with Crippen molar-refractivity contribution < 1.29 is 20.1 Å². The zero-order valence-corrected chi connectivity index (χ0v) is 24.3. The molecule has 0 saturated heterocycles. The van der Waals surface area contributed by atoms with Crippen LogP contribution in [0.25, 0.3) is 22.0 Å². The number of aromatic nitrogens is 1. The van der Waals surface area contributed by atoms with Crippen molar-refractivity contribution in [3.8, 4) is 11.3 Å². The van der Waals surface area contributed by atoms with E-state index in [1.165, 1.54) is 28.1 Å². The number of para-hydroxylation sites is 1. The van der Waals surface area contributed by atoms with Crippen molar-refractivity contribution >= 4 is 39.2 Å². The molecular formula is C33H29IrN4. The van der Waals surface area contributed by atoms with Crippen LogP contribution in [0.3, 0.4) is 0 Å². The molecule has 0 radical (unpaired) electrons. The molecular weight excluding hydrogens is 645 g/mol. The van der Waals surface area contributed by atoms with E-state index >= 15 is 0 Å². The van der Waals surface area contributed by atoms with E-state index in [0.29, 0.717) is 0 Å². The Morgan fingerprint density at radius 2 is 1.58 bits per heavy atom. The second-order valence-electron chi connectivity index (χ2n) is 10.3. The van der Waals surface area contributed by atoms with E-state index in [4.69, 9.17) is 0 Å². The van der Waals surface area contributed by atoms with Crippen molar-refractivity contribution in [2.24, 2.45) is 0 Å². The maximum atomic E-state index is 4.22. The topological polar surface area (TPSA) is 22.6 Å².